The van der Waals surface area contributed by atoms with E-state index >= 15 is 0 Å². The van der Waals surface area contributed by atoms with Gasteiger partial charge in [0.25, 0.3) is 5.56 Å². The zero-order valence-electron chi connectivity index (χ0n) is 10.9. The highest BCUT2D eigenvalue weighted by Gasteiger charge is 2.07. The molecule has 3 heteroatoms. The smallest absolute Gasteiger partial charge is 0.251 e. The molecular formula is C13H22N2O. The maximum absolute atomic E-state index is 11.5. The standard InChI is InChI=1S/C11H16N2O.C2H6/c1-5-13-10(14)7-6-9(12-4)11(13)8(2)3;1-2/h6-7,12H,2,5H2,1,3-4H3;1-2H3. The van der Waals surface area contributed by atoms with Gasteiger partial charge >= 0.3 is 0 Å². The van der Waals surface area contributed by atoms with Gasteiger partial charge in [-0.1, -0.05) is 20.4 Å². The van der Waals surface area contributed by atoms with Gasteiger partial charge in [-0.3, -0.25) is 4.79 Å². The van der Waals surface area contributed by atoms with Crippen molar-refractivity contribution in [3.05, 3.63) is 34.8 Å². The van der Waals surface area contributed by atoms with Crippen LogP contribution in [0.3, 0.4) is 0 Å². The van der Waals surface area contributed by atoms with E-state index in [0.29, 0.717) is 6.54 Å². The van der Waals surface area contributed by atoms with Crippen molar-refractivity contribution in [3.63, 3.8) is 0 Å². The minimum absolute atomic E-state index is 0.0181. The molecule has 16 heavy (non-hydrogen) atoms. The van der Waals surface area contributed by atoms with E-state index < -0.39 is 0 Å². The zero-order valence-corrected chi connectivity index (χ0v) is 10.9. The van der Waals surface area contributed by atoms with Crippen molar-refractivity contribution in [2.45, 2.75) is 34.2 Å². The Kier molecular flexibility index (Phi) is 6.23. The Labute approximate surface area is 97.8 Å². The van der Waals surface area contributed by atoms with Gasteiger partial charge in [-0.2, -0.15) is 0 Å². The topological polar surface area (TPSA) is 34.0 Å². The molecule has 0 unspecified atom stereocenters. The molecule has 1 heterocycles. The van der Waals surface area contributed by atoms with Gasteiger partial charge in [0, 0.05) is 19.7 Å². The third-order valence-corrected chi connectivity index (χ3v) is 2.17. The van der Waals surface area contributed by atoms with E-state index in [2.05, 4.69) is 11.9 Å². The summed E-state index contributed by atoms with van der Waals surface area (Å²) in [5, 5.41) is 3.06. The Morgan fingerprint density at radius 1 is 1.44 bits per heavy atom. The van der Waals surface area contributed by atoms with E-state index in [1.165, 1.54) is 0 Å². The van der Waals surface area contributed by atoms with Gasteiger partial charge in [0.15, 0.2) is 0 Å². The normalized spacial score (nSPS) is 9.06. The fourth-order valence-corrected chi connectivity index (χ4v) is 1.56. The van der Waals surface area contributed by atoms with E-state index in [1.807, 2.05) is 34.7 Å². The molecule has 0 aliphatic carbocycles. The van der Waals surface area contributed by atoms with E-state index in [9.17, 15) is 4.79 Å². The molecule has 0 radical (unpaired) electrons. The summed E-state index contributed by atoms with van der Waals surface area (Å²) in [4.78, 5) is 11.5. The number of nitrogens with zero attached hydrogens (tertiary/aromatic N) is 1. The van der Waals surface area contributed by atoms with Crippen LogP contribution in [0.15, 0.2) is 23.5 Å². The van der Waals surface area contributed by atoms with Crippen LogP contribution in [-0.4, -0.2) is 11.6 Å². The first-order chi connectivity index (χ1) is 7.61. The number of allylic oxidation sites excluding steroid dienone is 1. The predicted molar refractivity (Wildman–Crippen MR) is 72.0 cm³/mol. The van der Waals surface area contributed by atoms with Crippen molar-refractivity contribution < 1.29 is 0 Å². The summed E-state index contributed by atoms with van der Waals surface area (Å²) < 4.78 is 1.72. The van der Waals surface area contributed by atoms with E-state index in [-0.39, 0.29) is 5.56 Å². The van der Waals surface area contributed by atoms with Crippen molar-refractivity contribution in [2.75, 3.05) is 12.4 Å². The van der Waals surface area contributed by atoms with Crippen LogP contribution in [0.25, 0.3) is 5.57 Å². The highest BCUT2D eigenvalue weighted by Crippen LogP contribution is 2.19. The summed E-state index contributed by atoms with van der Waals surface area (Å²) in [7, 11) is 1.84. The highest BCUT2D eigenvalue weighted by atomic mass is 16.1. The van der Waals surface area contributed by atoms with E-state index in [1.54, 1.807) is 16.7 Å². The Morgan fingerprint density at radius 2 is 2.00 bits per heavy atom. The number of aromatic nitrogens is 1. The van der Waals surface area contributed by atoms with Gasteiger partial charge in [-0.05, 0) is 25.5 Å². The molecule has 1 aromatic heterocycles. The lowest BCUT2D eigenvalue weighted by molar-refractivity contribution is 0.717. The van der Waals surface area contributed by atoms with Crippen LogP contribution in [0.2, 0.25) is 0 Å². The van der Waals surface area contributed by atoms with Crippen molar-refractivity contribution in [3.8, 4) is 0 Å². The minimum atomic E-state index is 0.0181. The molecule has 0 aliphatic heterocycles. The fourth-order valence-electron chi connectivity index (χ4n) is 1.56. The Morgan fingerprint density at radius 3 is 2.38 bits per heavy atom. The lowest BCUT2D eigenvalue weighted by atomic mass is 10.1. The number of rotatable bonds is 3. The average molecular weight is 222 g/mol. The lowest BCUT2D eigenvalue weighted by Gasteiger charge is -2.14. The molecule has 0 atom stereocenters. The molecule has 0 amide bonds. The van der Waals surface area contributed by atoms with Gasteiger partial charge in [-0.25, -0.2) is 0 Å². The summed E-state index contributed by atoms with van der Waals surface area (Å²) in [5.41, 5.74) is 2.75. The maximum atomic E-state index is 11.5. The van der Waals surface area contributed by atoms with Crippen LogP contribution >= 0.6 is 0 Å². The molecule has 0 aromatic carbocycles. The molecule has 0 aliphatic rings. The van der Waals surface area contributed by atoms with Gasteiger partial charge in [0.1, 0.15) is 0 Å². The fraction of sp³-hybridized carbons (Fsp3) is 0.462. The summed E-state index contributed by atoms with van der Waals surface area (Å²) in [5.74, 6) is 0. The second-order valence-corrected chi connectivity index (χ2v) is 3.21. The summed E-state index contributed by atoms with van der Waals surface area (Å²) in [6.07, 6.45) is 0. The van der Waals surface area contributed by atoms with Gasteiger partial charge in [0.2, 0.25) is 0 Å². The monoisotopic (exact) mass is 222 g/mol. The summed E-state index contributed by atoms with van der Waals surface area (Å²) in [6, 6.07) is 3.36. The van der Waals surface area contributed by atoms with Crippen molar-refractivity contribution >= 4 is 11.3 Å². The number of pyridine rings is 1. The molecule has 1 aromatic rings. The second-order valence-electron chi connectivity index (χ2n) is 3.21. The van der Waals surface area contributed by atoms with Gasteiger partial charge in [0.05, 0.1) is 11.4 Å². The van der Waals surface area contributed by atoms with Crippen LogP contribution in [0, 0.1) is 0 Å². The van der Waals surface area contributed by atoms with E-state index in [0.717, 1.165) is 17.0 Å². The van der Waals surface area contributed by atoms with Gasteiger partial charge in [-0.15, -0.1) is 0 Å². The summed E-state index contributed by atoms with van der Waals surface area (Å²) >= 11 is 0. The molecule has 0 spiro atoms. The minimum Gasteiger partial charge on any atom is -0.386 e. The molecular weight excluding hydrogens is 200 g/mol. The van der Waals surface area contributed by atoms with E-state index in [4.69, 9.17) is 0 Å². The van der Waals surface area contributed by atoms with Crippen LogP contribution in [-0.2, 0) is 6.54 Å². The third kappa shape index (κ3) is 2.99. The molecule has 0 saturated carbocycles. The first-order valence-corrected chi connectivity index (χ1v) is 5.69. The lowest BCUT2D eigenvalue weighted by Crippen LogP contribution is -2.22. The van der Waals surface area contributed by atoms with Crippen molar-refractivity contribution in [2.24, 2.45) is 0 Å². The molecule has 1 rings (SSSR count). The number of anilines is 1. The third-order valence-electron chi connectivity index (χ3n) is 2.17. The largest absolute Gasteiger partial charge is 0.386 e. The van der Waals surface area contributed by atoms with Crippen LogP contribution in [0.5, 0.6) is 0 Å². The maximum Gasteiger partial charge on any atom is 0.251 e. The molecule has 0 saturated heterocycles. The number of hydrogen-bond donors (Lipinski definition) is 1. The Bertz CT molecular complexity index is 405. The van der Waals surface area contributed by atoms with Crippen molar-refractivity contribution in [1.29, 1.82) is 0 Å². The SMILES string of the molecule is C=C(C)c1c(NC)ccc(=O)n1CC.CC. The van der Waals surface area contributed by atoms with Gasteiger partial charge < -0.3 is 9.88 Å². The molecule has 0 bridgehead atoms. The molecule has 3 nitrogen and oxygen atoms in total. The molecule has 1 N–H and O–H groups in total. The van der Waals surface area contributed by atoms with Crippen LogP contribution in [0.1, 0.15) is 33.4 Å². The average Bonchev–Trinajstić information content (AvgIpc) is 2.31. The predicted octanol–water partition coefficient (Wildman–Crippen LogP) is 2.97. The zero-order chi connectivity index (χ0) is 12.7. The summed E-state index contributed by atoms with van der Waals surface area (Å²) in [6.45, 7) is 12.4. The Balaban J connectivity index is 0.00000106. The van der Waals surface area contributed by atoms with Crippen LogP contribution in [0.4, 0.5) is 5.69 Å². The first-order valence-electron chi connectivity index (χ1n) is 5.69. The Hall–Kier alpha value is -1.51. The second kappa shape index (κ2) is 6.88. The number of hydrogen-bond acceptors (Lipinski definition) is 2. The molecule has 0 fully saturated rings. The van der Waals surface area contributed by atoms with Crippen molar-refractivity contribution in [1.82, 2.24) is 4.57 Å². The first kappa shape index (κ1) is 14.5. The highest BCUT2D eigenvalue weighted by molar-refractivity contribution is 5.70. The van der Waals surface area contributed by atoms with Crippen LogP contribution < -0.4 is 10.9 Å². The molecule has 90 valence electrons. The number of nitrogens with one attached hydrogen (secondary N) is 1. The quantitative estimate of drug-likeness (QED) is 0.853.